The highest BCUT2D eigenvalue weighted by Crippen LogP contribution is 2.49. The molecular formula is C32H39N3O3. The summed E-state index contributed by atoms with van der Waals surface area (Å²) in [5, 5.41) is 18.2. The molecule has 2 aliphatic rings. The van der Waals surface area contributed by atoms with Crippen molar-refractivity contribution in [1.82, 2.24) is 15.6 Å². The Hall–Kier alpha value is -3.22. The molecule has 3 aromatic rings. The molecule has 0 unspecified atom stereocenters. The molecule has 1 aliphatic carbocycles. The maximum atomic E-state index is 12.9. The largest absolute Gasteiger partial charge is 0.487 e. The fourth-order valence-electron chi connectivity index (χ4n) is 5.64. The maximum absolute atomic E-state index is 12.9. The number of hydrogen-bond acceptors (Lipinski definition) is 5. The molecule has 1 amide bonds. The summed E-state index contributed by atoms with van der Waals surface area (Å²) in [5.41, 5.74) is 4.48. The molecule has 0 bridgehead atoms. The number of rotatable bonds is 11. The van der Waals surface area contributed by atoms with E-state index in [1.54, 1.807) is 12.4 Å². The van der Waals surface area contributed by atoms with Crippen LogP contribution in [0.2, 0.25) is 0 Å². The molecule has 0 saturated heterocycles. The molecule has 2 heterocycles. The lowest BCUT2D eigenvalue weighted by Crippen LogP contribution is -2.52. The first-order chi connectivity index (χ1) is 18.5. The number of carbonyl (C=O) groups is 1. The van der Waals surface area contributed by atoms with Crippen LogP contribution in [0.4, 0.5) is 0 Å². The van der Waals surface area contributed by atoms with E-state index in [9.17, 15) is 9.90 Å². The lowest BCUT2D eigenvalue weighted by Gasteiger charge is -2.48. The van der Waals surface area contributed by atoms with Crippen molar-refractivity contribution >= 4 is 5.91 Å². The molecule has 5 rings (SSSR count). The molecular weight excluding hydrogens is 474 g/mol. The van der Waals surface area contributed by atoms with Crippen molar-refractivity contribution < 1.29 is 14.6 Å². The van der Waals surface area contributed by atoms with Crippen molar-refractivity contribution in [2.24, 2.45) is 0 Å². The van der Waals surface area contributed by atoms with Gasteiger partial charge in [-0.25, -0.2) is 0 Å². The van der Waals surface area contributed by atoms with Crippen molar-refractivity contribution in [2.45, 2.75) is 82.1 Å². The molecule has 0 radical (unpaired) electrons. The van der Waals surface area contributed by atoms with Crippen molar-refractivity contribution in [3.05, 3.63) is 95.3 Å². The number of ether oxygens (including phenoxy) is 1. The van der Waals surface area contributed by atoms with Crippen LogP contribution in [0.1, 0.15) is 67.3 Å². The Morgan fingerprint density at radius 1 is 1.11 bits per heavy atom. The lowest BCUT2D eigenvalue weighted by molar-refractivity contribution is -0.122. The average Bonchev–Trinajstić information content (AvgIpc) is 2.94. The quantitative estimate of drug-likeness (QED) is 0.346. The SMILES string of the molecule is CCc1ccc2c(c1)[C@@H](NC[C@@H](O)[C@H](Cc1ccccc1)NC(=O)CCc1cccnc1)CC1(CCC1)O2. The molecule has 1 fully saturated rings. The third-order valence-electron chi connectivity index (χ3n) is 8.07. The van der Waals surface area contributed by atoms with Crippen molar-refractivity contribution in [2.75, 3.05) is 6.54 Å². The number of benzene rings is 2. The predicted octanol–water partition coefficient (Wildman–Crippen LogP) is 4.70. The van der Waals surface area contributed by atoms with Crippen LogP contribution in [-0.4, -0.2) is 40.3 Å². The molecule has 6 nitrogen and oxygen atoms in total. The monoisotopic (exact) mass is 513 g/mol. The smallest absolute Gasteiger partial charge is 0.220 e. The average molecular weight is 514 g/mol. The van der Waals surface area contributed by atoms with E-state index in [-0.39, 0.29) is 17.6 Å². The molecule has 1 spiro atoms. The first-order valence-electron chi connectivity index (χ1n) is 14.0. The third kappa shape index (κ3) is 6.43. The highest BCUT2D eigenvalue weighted by atomic mass is 16.5. The number of nitrogens with one attached hydrogen (secondary N) is 2. The zero-order valence-electron chi connectivity index (χ0n) is 22.2. The lowest BCUT2D eigenvalue weighted by atomic mass is 9.72. The topological polar surface area (TPSA) is 83.5 Å². The van der Waals surface area contributed by atoms with E-state index >= 15 is 0 Å². The van der Waals surface area contributed by atoms with Crippen LogP contribution in [0.5, 0.6) is 5.75 Å². The van der Waals surface area contributed by atoms with Crippen LogP contribution in [0.25, 0.3) is 0 Å². The van der Waals surface area contributed by atoms with Gasteiger partial charge in [0, 0.05) is 43.4 Å². The first-order valence-corrected chi connectivity index (χ1v) is 14.0. The minimum atomic E-state index is -0.740. The van der Waals surface area contributed by atoms with E-state index in [4.69, 9.17) is 4.74 Å². The van der Waals surface area contributed by atoms with Crippen LogP contribution < -0.4 is 15.4 Å². The summed E-state index contributed by atoms with van der Waals surface area (Å²) in [6, 6.07) is 20.1. The van der Waals surface area contributed by atoms with Gasteiger partial charge in [0.2, 0.25) is 5.91 Å². The molecule has 3 atom stereocenters. The fourth-order valence-corrected chi connectivity index (χ4v) is 5.64. The van der Waals surface area contributed by atoms with Gasteiger partial charge in [0.15, 0.2) is 0 Å². The summed E-state index contributed by atoms with van der Waals surface area (Å²) >= 11 is 0. The van der Waals surface area contributed by atoms with Crippen LogP contribution in [-0.2, 0) is 24.1 Å². The summed E-state index contributed by atoms with van der Waals surface area (Å²) in [4.78, 5) is 17.0. The van der Waals surface area contributed by atoms with Gasteiger partial charge in [0.25, 0.3) is 0 Å². The Kier molecular flexibility index (Phi) is 8.40. The Morgan fingerprint density at radius 3 is 2.63 bits per heavy atom. The molecule has 3 N–H and O–H groups in total. The zero-order valence-corrected chi connectivity index (χ0v) is 22.2. The van der Waals surface area contributed by atoms with Gasteiger partial charge in [0.05, 0.1) is 12.1 Å². The number of hydrogen-bond donors (Lipinski definition) is 3. The number of amides is 1. The first kappa shape index (κ1) is 26.4. The number of nitrogens with zero attached hydrogens (tertiary/aromatic N) is 1. The van der Waals surface area contributed by atoms with E-state index in [0.717, 1.165) is 42.6 Å². The summed E-state index contributed by atoms with van der Waals surface area (Å²) in [7, 11) is 0. The van der Waals surface area contributed by atoms with Crippen LogP contribution in [0, 0.1) is 0 Å². The van der Waals surface area contributed by atoms with Gasteiger partial charge in [-0.1, -0.05) is 55.5 Å². The van der Waals surface area contributed by atoms with Gasteiger partial charge in [-0.05, 0) is 67.3 Å². The standard InChI is InChI=1S/C32H39N3O3/c1-2-23-11-13-30-26(18-23)28(20-32(38-30)15-7-16-32)34-22-29(36)27(19-24-8-4-3-5-9-24)35-31(37)14-12-25-10-6-17-33-21-25/h3-6,8-11,13,17-18,21,27-29,34,36H,2,7,12,14-16,19-20,22H2,1H3,(H,35,37)/t27-,28-,29+/m0/s1. The second-order valence-corrected chi connectivity index (χ2v) is 10.8. The van der Waals surface area contributed by atoms with Crippen molar-refractivity contribution in [3.8, 4) is 5.75 Å². The van der Waals surface area contributed by atoms with Gasteiger partial charge >= 0.3 is 0 Å². The summed E-state index contributed by atoms with van der Waals surface area (Å²) in [6.45, 7) is 2.55. The molecule has 1 saturated carbocycles. The van der Waals surface area contributed by atoms with Gasteiger partial charge < -0.3 is 20.5 Å². The normalized spacial score (nSPS) is 19.1. The van der Waals surface area contributed by atoms with Crippen molar-refractivity contribution in [1.29, 1.82) is 0 Å². The fraction of sp³-hybridized carbons (Fsp3) is 0.438. The summed E-state index contributed by atoms with van der Waals surface area (Å²) in [5.74, 6) is 0.899. The minimum absolute atomic E-state index is 0.0637. The minimum Gasteiger partial charge on any atom is -0.487 e. The Morgan fingerprint density at radius 2 is 1.92 bits per heavy atom. The van der Waals surface area contributed by atoms with E-state index in [0.29, 0.717) is 25.8 Å². The van der Waals surface area contributed by atoms with Gasteiger partial charge in [0.1, 0.15) is 11.4 Å². The number of aryl methyl sites for hydroxylation is 2. The summed E-state index contributed by atoms with van der Waals surface area (Å²) < 4.78 is 6.47. The van der Waals surface area contributed by atoms with Gasteiger partial charge in [-0.15, -0.1) is 0 Å². The second kappa shape index (κ2) is 12.1. The predicted molar refractivity (Wildman–Crippen MR) is 149 cm³/mol. The second-order valence-electron chi connectivity index (χ2n) is 10.8. The number of aromatic nitrogens is 1. The highest BCUT2D eigenvalue weighted by molar-refractivity contribution is 5.76. The number of aliphatic hydroxyl groups excluding tert-OH is 1. The molecule has 2 aromatic carbocycles. The molecule has 38 heavy (non-hydrogen) atoms. The molecule has 1 aliphatic heterocycles. The number of carbonyl (C=O) groups excluding carboxylic acids is 1. The van der Waals surface area contributed by atoms with Crippen LogP contribution in [0.15, 0.2) is 73.1 Å². The zero-order chi connectivity index (χ0) is 26.4. The Labute approximate surface area is 225 Å². The molecule has 6 heteroatoms. The van der Waals surface area contributed by atoms with E-state index in [1.807, 2.05) is 42.5 Å². The maximum Gasteiger partial charge on any atom is 0.220 e. The number of aliphatic hydroxyl groups is 1. The number of pyridine rings is 1. The van der Waals surface area contributed by atoms with Crippen LogP contribution in [0.3, 0.4) is 0 Å². The van der Waals surface area contributed by atoms with Crippen LogP contribution >= 0.6 is 0 Å². The van der Waals surface area contributed by atoms with Gasteiger partial charge in [-0.2, -0.15) is 0 Å². The summed E-state index contributed by atoms with van der Waals surface area (Å²) in [6.07, 6.45) is 9.54. The number of fused-ring (bicyclic) bond motifs is 1. The molecule has 200 valence electrons. The highest BCUT2D eigenvalue weighted by Gasteiger charge is 2.45. The Bertz CT molecular complexity index is 1200. The van der Waals surface area contributed by atoms with E-state index in [2.05, 4.69) is 40.7 Å². The molecule has 1 aromatic heterocycles. The Balaban J connectivity index is 1.26. The van der Waals surface area contributed by atoms with Gasteiger partial charge in [-0.3, -0.25) is 9.78 Å². The van der Waals surface area contributed by atoms with E-state index < -0.39 is 12.1 Å². The van der Waals surface area contributed by atoms with E-state index in [1.165, 1.54) is 17.5 Å². The van der Waals surface area contributed by atoms with Crippen molar-refractivity contribution in [3.63, 3.8) is 0 Å². The third-order valence-corrected chi connectivity index (χ3v) is 8.07.